The third-order valence-electron chi connectivity index (χ3n) is 3.92. The highest BCUT2D eigenvalue weighted by Gasteiger charge is 2.25. The molecule has 2 aromatic heterocycles. The SMILES string of the molecule is Cc1ccn2ncc(C(=O)N3CCN(CC(C)O)CC3)c2n1. The molecular weight excluding hydrogens is 282 g/mol. The second-order valence-electron chi connectivity index (χ2n) is 5.84. The van der Waals surface area contributed by atoms with Crippen LogP contribution in [-0.4, -0.2) is 74.2 Å². The molecule has 0 saturated carbocycles. The summed E-state index contributed by atoms with van der Waals surface area (Å²) in [6.45, 7) is 7.22. The zero-order valence-corrected chi connectivity index (χ0v) is 12.9. The van der Waals surface area contributed by atoms with E-state index >= 15 is 0 Å². The molecule has 1 amide bonds. The Morgan fingerprint density at radius 2 is 2.09 bits per heavy atom. The summed E-state index contributed by atoms with van der Waals surface area (Å²) in [6.07, 6.45) is 3.07. The van der Waals surface area contributed by atoms with Gasteiger partial charge in [-0.15, -0.1) is 0 Å². The predicted molar refractivity (Wildman–Crippen MR) is 81.7 cm³/mol. The van der Waals surface area contributed by atoms with Crippen LogP contribution < -0.4 is 0 Å². The third-order valence-corrected chi connectivity index (χ3v) is 3.92. The summed E-state index contributed by atoms with van der Waals surface area (Å²) in [6, 6.07) is 1.86. The second kappa shape index (κ2) is 6.02. The standard InChI is InChI=1S/C15H21N5O2/c1-11-3-4-20-14(17-11)13(9-16-20)15(22)19-7-5-18(6-8-19)10-12(2)21/h3-4,9,12,21H,5-8,10H2,1-2H3. The van der Waals surface area contributed by atoms with Gasteiger partial charge in [0, 0.05) is 44.6 Å². The van der Waals surface area contributed by atoms with E-state index in [9.17, 15) is 9.90 Å². The topological polar surface area (TPSA) is 74.0 Å². The van der Waals surface area contributed by atoms with Crippen LogP contribution in [0, 0.1) is 6.92 Å². The van der Waals surface area contributed by atoms with Gasteiger partial charge in [0.2, 0.25) is 0 Å². The van der Waals surface area contributed by atoms with Crippen molar-refractivity contribution in [3.8, 4) is 0 Å². The van der Waals surface area contributed by atoms with Gasteiger partial charge in [-0.2, -0.15) is 5.10 Å². The first kappa shape index (κ1) is 14.9. The molecule has 2 aromatic rings. The highest BCUT2D eigenvalue weighted by atomic mass is 16.3. The summed E-state index contributed by atoms with van der Waals surface area (Å²) in [4.78, 5) is 21.1. The van der Waals surface area contributed by atoms with E-state index in [4.69, 9.17) is 0 Å². The number of rotatable bonds is 3. The van der Waals surface area contributed by atoms with E-state index in [-0.39, 0.29) is 12.0 Å². The number of aryl methyl sites for hydroxylation is 1. The third kappa shape index (κ3) is 2.95. The Morgan fingerprint density at radius 1 is 1.36 bits per heavy atom. The Balaban J connectivity index is 1.73. The molecule has 7 heteroatoms. The fourth-order valence-electron chi connectivity index (χ4n) is 2.79. The Hall–Kier alpha value is -1.99. The van der Waals surface area contributed by atoms with E-state index in [1.807, 2.05) is 24.1 Å². The van der Waals surface area contributed by atoms with Crippen LogP contribution in [0.25, 0.3) is 5.65 Å². The maximum atomic E-state index is 12.7. The van der Waals surface area contributed by atoms with E-state index in [0.717, 1.165) is 18.8 Å². The average Bonchev–Trinajstić information content (AvgIpc) is 2.89. The summed E-state index contributed by atoms with van der Waals surface area (Å²) >= 11 is 0. The molecule has 1 fully saturated rings. The lowest BCUT2D eigenvalue weighted by Crippen LogP contribution is -2.50. The van der Waals surface area contributed by atoms with Crippen molar-refractivity contribution in [2.24, 2.45) is 0 Å². The van der Waals surface area contributed by atoms with Gasteiger partial charge in [0.25, 0.3) is 5.91 Å². The molecule has 0 radical (unpaired) electrons. The number of aromatic nitrogens is 3. The van der Waals surface area contributed by atoms with Crippen LogP contribution in [0.3, 0.4) is 0 Å². The lowest BCUT2D eigenvalue weighted by molar-refractivity contribution is 0.0555. The minimum absolute atomic E-state index is 0.0233. The van der Waals surface area contributed by atoms with Gasteiger partial charge >= 0.3 is 0 Å². The van der Waals surface area contributed by atoms with Gasteiger partial charge in [0.15, 0.2) is 5.65 Å². The first-order valence-corrected chi connectivity index (χ1v) is 7.55. The summed E-state index contributed by atoms with van der Waals surface area (Å²) in [5.74, 6) is -0.0233. The normalized spacial score (nSPS) is 17.9. The smallest absolute Gasteiger partial charge is 0.259 e. The van der Waals surface area contributed by atoms with Gasteiger partial charge < -0.3 is 10.0 Å². The Bertz CT molecular complexity index is 674. The molecule has 0 spiro atoms. The van der Waals surface area contributed by atoms with Crippen LogP contribution in [-0.2, 0) is 0 Å². The van der Waals surface area contributed by atoms with Gasteiger partial charge in [0.05, 0.1) is 12.3 Å². The van der Waals surface area contributed by atoms with Crippen LogP contribution in [0.2, 0.25) is 0 Å². The van der Waals surface area contributed by atoms with Gasteiger partial charge in [0.1, 0.15) is 5.56 Å². The lowest BCUT2D eigenvalue weighted by atomic mass is 10.2. The first-order chi connectivity index (χ1) is 10.5. The number of hydrogen-bond acceptors (Lipinski definition) is 5. The number of hydrogen-bond donors (Lipinski definition) is 1. The fourth-order valence-corrected chi connectivity index (χ4v) is 2.79. The van der Waals surface area contributed by atoms with E-state index in [1.54, 1.807) is 17.6 Å². The van der Waals surface area contributed by atoms with Crippen LogP contribution in [0.5, 0.6) is 0 Å². The molecule has 1 saturated heterocycles. The van der Waals surface area contributed by atoms with Crippen molar-refractivity contribution >= 4 is 11.6 Å². The fraction of sp³-hybridized carbons (Fsp3) is 0.533. The molecule has 0 bridgehead atoms. The van der Waals surface area contributed by atoms with E-state index in [1.165, 1.54) is 0 Å². The van der Waals surface area contributed by atoms with Crippen LogP contribution in [0.4, 0.5) is 0 Å². The highest BCUT2D eigenvalue weighted by Crippen LogP contribution is 2.13. The molecule has 1 N–H and O–H groups in total. The van der Waals surface area contributed by atoms with E-state index in [0.29, 0.717) is 30.8 Å². The maximum Gasteiger partial charge on any atom is 0.259 e. The van der Waals surface area contributed by atoms with E-state index in [2.05, 4.69) is 15.0 Å². The van der Waals surface area contributed by atoms with Gasteiger partial charge in [-0.1, -0.05) is 0 Å². The summed E-state index contributed by atoms with van der Waals surface area (Å²) in [5.41, 5.74) is 2.02. The minimum Gasteiger partial charge on any atom is -0.392 e. The molecule has 118 valence electrons. The molecule has 22 heavy (non-hydrogen) atoms. The number of piperazine rings is 1. The van der Waals surface area contributed by atoms with Gasteiger partial charge in [-0.3, -0.25) is 9.69 Å². The molecule has 0 aliphatic carbocycles. The Morgan fingerprint density at radius 3 is 2.77 bits per heavy atom. The Labute approximate surface area is 129 Å². The molecule has 3 rings (SSSR count). The predicted octanol–water partition coefficient (Wildman–Crippen LogP) is 0.176. The summed E-state index contributed by atoms with van der Waals surface area (Å²) < 4.78 is 1.63. The lowest BCUT2D eigenvalue weighted by Gasteiger charge is -2.35. The van der Waals surface area contributed by atoms with Crippen molar-refractivity contribution in [1.29, 1.82) is 0 Å². The van der Waals surface area contributed by atoms with Gasteiger partial charge in [-0.25, -0.2) is 9.50 Å². The van der Waals surface area contributed by atoms with Crippen LogP contribution >= 0.6 is 0 Å². The molecule has 1 atom stereocenters. The average molecular weight is 303 g/mol. The Kier molecular flexibility index (Phi) is 4.08. The van der Waals surface area contributed by atoms with Crippen molar-refractivity contribution in [3.05, 3.63) is 29.7 Å². The van der Waals surface area contributed by atoms with Crippen LogP contribution in [0.15, 0.2) is 18.5 Å². The van der Waals surface area contributed by atoms with Gasteiger partial charge in [-0.05, 0) is 19.9 Å². The minimum atomic E-state index is -0.339. The number of aliphatic hydroxyl groups is 1. The zero-order chi connectivity index (χ0) is 15.7. The van der Waals surface area contributed by atoms with Crippen molar-refractivity contribution < 1.29 is 9.90 Å². The molecule has 1 aliphatic heterocycles. The number of amides is 1. The molecule has 0 aromatic carbocycles. The number of carbonyl (C=O) groups excluding carboxylic acids is 1. The summed E-state index contributed by atoms with van der Waals surface area (Å²) in [5, 5.41) is 13.6. The van der Waals surface area contributed by atoms with Crippen molar-refractivity contribution in [3.63, 3.8) is 0 Å². The molecule has 7 nitrogen and oxygen atoms in total. The largest absolute Gasteiger partial charge is 0.392 e. The van der Waals surface area contributed by atoms with Crippen LogP contribution in [0.1, 0.15) is 23.0 Å². The highest BCUT2D eigenvalue weighted by molar-refractivity contribution is 5.99. The van der Waals surface area contributed by atoms with Crippen molar-refractivity contribution in [1.82, 2.24) is 24.4 Å². The number of nitrogens with zero attached hydrogens (tertiary/aromatic N) is 5. The monoisotopic (exact) mass is 303 g/mol. The molecule has 3 heterocycles. The molecular formula is C15H21N5O2. The zero-order valence-electron chi connectivity index (χ0n) is 12.9. The number of fused-ring (bicyclic) bond motifs is 1. The van der Waals surface area contributed by atoms with Crippen molar-refractivity contribution in [2.75, 3.05) is 32.7 Å². The number of carbonyl (C=O) groups is 1. The second-order valence-corrected chi connectivity index (χ2v) is 5.84. The van der Waals surface area contributed by atoms with Crippen molar-refractivity contribution in [2.45, 2.75) is 20.0 Å². The first-order valence-electron chi connectivity index (χ1n) is 7.55. The maximum absolute atomic E-state index is 12.7. The molecule has 1 unspecified atom stereocenters. The quantitative estimate of drug-likeness (QED) is 0.875. The molecule has 1 aliphatic rings. The summed E-state index contributed by atoms with van der Waals surface area (Å²) in [7, 11) is 0. The number of aliphatic hydroxyl groups excluding tert-OH is 1. The van der Waals surface area contributed by atoms with E-state index < -0.39 is 0 Å². The number of β-amino-alcohol motifs (C(OH)–C–C–N with tert-alkyl or cyclic N) is 1.